The van der Waals surface area contributed by atoms with Gasteiger partial charge in [0.1, 0.15) is 0 Å². The number of rotatable bonds is 14. The van der Waals surface area contributed by atoms with E-state index in [1.54, 1.807) is 0 Å². The fraction of sp³-hybridized carbons (Fsp3) is 1.00. The summed E-state index contributed by atoms with van der Waals surface area (Å²) in [5, 5.41) is 3.12. The molecule has 0 aliphatic carbocycles. The fourth-order valence-electron chi connectivity index (χ4n) is 1.32. The zero-order chi connectivity index (χ0) is 13.5. The lowest BCUT2D eigenvalue weighted by Crippen LogP contribution is -2.30. The van der Waals surface area contributed by atoms with E-state index in [9.17, 15) is 0 Å². The van der Waals surface area contributed by atoms with E-state index in [2.05, 4.69) is 24.2 Å². The van der Waals surface area contributed by atoms with Crippen molar-refractivity contribution in [1.82, 2.24) is 10.2 Å². The van der Waals surface area contributed by atoms with Crippen molar-refractivity contribution in [2.24, 2.45) is 0 Å². The van der Waals surface area contributed by atoms with Crippen molar-refractivity contribution in [3.05, 3.63) is 0 Å². The molecule has 0 aromatic rings. The monoisotopic (exact) mass is 262 g/mol. The van der Waals surface area contributed by atoms with Crippen molar-refractivity contribution in [2.75, 3.05) is 73.4 Å². The lowest BCUT2D eigenvalue weighted by molar-refractivity contribution is 0.0117. The molecule has 5 nitrogen and oxygen atoms in total. The maximum absolute atomic E-state index is 5.48. The molecule has 0 saturated heterocycles. The van der Waals surface area contributed by atoms with Crippen LogP contribution < -0.4 is 5.32 Å². The molecular formula is C13H30N2O3. The minimum absolute atomic E-state index is 0.649. The largest absolute Gasteiger partial charge is 0.379 e. The standard InChI is InChI=1S/C13H30N2O3/c1-4-8-16-10-12-18-13-11-17-9-7-15(3)6-5-14-2/h14H,4-13H2,1-3H3. The molecule has 0 saturated carbocycles. The van der Waals surface area contributed by atoms with Gasteiger partial charge in [0.15, 0.2) is 0 Å². The Morgan fingerprint density at radius 1 is 0.833 bits per heavy atom. The van der Waals surface area contributed by atoms with E-state index in [1.165, 1.54) is 0 Å². The number of hydrogen-bond acceptors (Lipinski definition) is 5. The molecule has 0 bridgehead atoms. The summed E-state index contributed by atoms with van der Waals surface area (Å²) in [5.41, 5.74) is 0. The first-order valence-corrected chi connectivity index (χ1v) is 6.87. The van der Waals surface area contributed by atoms with Gasteiger partial charge in [-0.2, -0.15) is 0 Å². The second kappa shape index (κ2) is 14.9. The molecule has 18 heavy (non-hydrogen) atoms. The average molecular weight is 262 g/mol. The third-order valence-electron chi connectivity index (χ3n) is 2.45. The van der Waals surface area contributed by atoms with E-state index in [-0.39, 0.29) is 0 Å². The van der Waals surface area contributed by atoms with Crippen LogP contribution in [0.5, 0.6) is 0 Å². The van der Waals surface area contributed by atoms with Gasteiger partial charge in [-0.25, -0.2) is 0 Å². The van der Waals surface area contributed by atoms with Gasteiger partial charge in [0.2, 0.25) is 0 Å². The average Bonchev–Trinajstić information content (AvgIpc) is 2.38. The van der Waals surface area contributed by atoms with Crippen molar-refractivity contribution in [2.45, 2.75) is 13.3 Å². The van der Waals surface area contributed by atoms with Gasteiger partial charge in [-0.1, -0.05) is 6.92 Å². The van der Waals surface area contributed by atoms with E-state index < -0.39 is 0 Å². The molecular weight excluding hydrogens is 232 g/mol. The minimum Gasteiger partial charge on any atom is -0.379 e. The summed E-state index contributed by atoms with van der Waals surface area (Å²) in [6.07, 6.45) is 1.06. The molecule has 0 amide bonds. The van der Waals surface area contributed by atoms with E-state index in [4.69, 9.17) is 14.2 Å². The molecule has 0 heterocycles. The highest BCUT2D eigenvalue weighted by Gasteiger charge is 1.97. The normalized spacial score (nSPS) is 11.3. The summed E-state index contributed by atoms with van der Waals surface area (Å²) in [4.78, 5) is 2.25. The second-order valence-electron chi connectivity index (χ2n) is 4.24. The first-order valence-electron chi connectivity index (χ1n) is 6.87. The molecule has 0 aromatic carbocycles. The lowest BCUT2D eigenvalue weighted by Gasteiger charge is -2.16. The molecule has 0 fully saturated rings. The highest BCUT2D eigenvalue weighted by Crippen LogP contribution is 1.85. The lowest BCUT2D eigenvalue weighted by atomic mass is 10.5. The van der Waals surface area contributed by atoms with Crippen molar-refractivity contribution < 1.29 is 14.2 Å². The number of ether oxygens (including phenoxy) is 3. The zero-order valence-electron chi connectivity index (χ0n) is 12.2. The Bertz CT molecular complexity index is 159. The van der Waals surface area contributed by atoms with Crippen LogP contribution in [0.3, 0.4) is 0 Å². The Hall–Kier alpha value is -0.200. The number of nitrogens with zero attached hydrogens (tertiary/aromatic N) is 1. The van der Waals surface area contributed by atoms with E-state index in [1.807, 2.05) is 7.05 Å². The van der Waals surface area contributed by atoms with Crippen LogP contribution in [0, 0.1) is 0 Å². The highest BCUT2D eigenvalue weighted by molar-refractivity contribution is 4.51. The molecule has 0 aliphatic rings. The van der Waals surface area contributed by atoms with Crippen LogP contribution in [0.2, 0.25) is 0 Å². The van der Waals surface area contributed by atoms with Crippen LogP contribution >= 0.6 is 0 Å². The predicted molar refractivity (Wildman–Crippen MR) is 74.2 cm³/mol. The summed E-state index contributed by atoms with van der Waals surface area (Å²) in [7, 11) is 4.06. The van der Waals surface area contributed by atoms with Gasteiger partial charge in [-0.05, 0) is 20.5 Å². The number of hydrogen-bond donors (Lipinski definition) is 1. The Morgan fingerprint density at radius 3 is 1.94 bits per heavy atom. The molecule has 0 aliphatic heterocycles. The van der Waals surface area contributed by atoms with Gasteiger partial charge in [0.25, 0.3) is 0 Å². The molecule has 0 radical (unpaired) electrons. The van der Waals surface area contributed by atoms with Gasteiger partial charge in [0, 0.05) is 26.2 Å². The van der Waals surface area contributed by atoms with Gasteiger partial charge in [-0.3, -0.25) is 0 Å². The number of nitrogens with one attached hydrogen (secondary N) is 1. The predicted octanol–water partition coefficient (Wildman–Crippen LogP) is 0.597. The van der Waals surface area contributed by atoms with Crippen LogP contribution in [0.15, 0.2) is 0 Å². The Kier molecular flexibility index (Phi) is 14.7. The second-order valence-corrected chi connectivity index (χ2v) is 4.24. The van der Waals surface area contributed by atoms with Gasteiger partial charge in [-0.15, -0.1) is 0 Å². The smallest absolute Gasteiger partial charge is 0.0701 e. The number of likely N-dealkylation sites (N-methyl/N-ethyl adjacent to an activating group) is 2. The summed E-state index contributed by atoms with van der Waals surface area (Å²) in [5.74, 6) is 0. The van der Waals surface area contributed by atoms with E-state index >= 15 is 0 Å². The van der Waals surface area contributed by atoms with Crippen molar-refractivity contribution >= 4 is 0 Å². The molecule has 0 atom stereocenters. The van der Waals surface area contributed by atoms with Gasteiger partial charge in [0.05, 0.1) is 33.0 Å². The Morgan fingerprint density at radius 2 is 1.39 bits per heavy atom. The highest BCUT2D eigenvalue weighted by atomic mass is 16.5. The molecule has 0 rings (SSSR count). The first-order chi connectivity index (χ1) is 8.81. The van der Waals surface area contributed by atoms with Crippen LogP contribution in [-0.2, 0) is 14.2 Å². The van der Waals surface area contributed by atoms with Crippen molar-refractivity contribution in [3.8, 4) is 0 Å². The summed E-state index contributed by atoms with van der Waals surface area (Å²) in [6, 6.07) is 0. The molecule has 1 N–H and O–H groups in total. The summed E-state index contributed by atoms with van der Waals surface area (Å²) in [6.45, 7) is 9.34. The zero-order valence-corrected chi connectivity index (χ0v) is 12.2. The molecule has 5 heteroatoms. The maximum atomic E-state index is 5.48. The molecule has 0 unspecified atom stereocenters. The summed E-state index contributed by atoms with van der Waals surface area (Å²) >= 11 is 0. The SMILES string of the molecule is CCCOCCOCCOCCN(C)CCNC. The van der Waals surface area contributed by atoms with Crippen molar-refractivity contribution in [3.63, 3.8) is 0 Å². The molecule has 0 spiro atoms. The fourth-order valence-corrected chi connectivity index (χ4v) is 1.32. The minimum atomic E-state index is 0.649. The first kappa shape index (κ1) is 17.8. The molecule has 0 aromatic heterocycles. The maximum Gasteiger partial charge on any atom is 0.0701 e. The van der Waals surface area contributed by atoms with Gasteiger partial charge >= 0.3 is 0 Å². The third kappa shape index (κ3) is 13.9. The Balaban J connectivity index is 3.02. The van der Waals surface area contributed by atoms with Gasteiger partial charge < -0.3 is 24.4 Å². The Labute approximate surface area is 112 Å². The van der Waals surface area contributed by atoms with E-state index in [0.29, 0.717) is 26.4 Å². The van der Waals surface area contributed by atoms with E-state index in [0.717, 1.165) is 39.3 Å². The van der Waals surface area contributed by atoms with Crippen LogP contribution in [0.25, 0.3) is 0 Å². The van der Waals surface area contributed by atoms with Crippen molar-refractivity contribution in [1.29, 1.82) is 0 Å². The quantitative estimate of drug-likeness (QED) is 0.464. The third-order valence-corrected chi connectivity index (χ3v) is 2.45. The van der Waals surface area contributed by atoms with Crippen LogP contribution in [-0.4, -0.2) is 78.3 Å². The summed E-state index contributed by atoms with van der Waals surface area (Å²) < 4.78 is 16.2. The van der Waals surface area contributed by atoms with Crippen LogP contribution in [0.1, 0.15) is 13.3 Å². The van der Waals surface area contributed by atoms with Crippen LogP contribution in [0.4, 0.5) is 0 Å². The topological polar surface area (TPSA) is 43.0 Å². The molecule has 110 valence electrons.